The van der Waals surface area contributed by atoms with Crippen LogP contribution in [0, 0.1) is 0 Å². The first-order valence-corrected chi connectivity index (χ1v) is 34.0. The Morgan fingerprint density at radius 3 is 0.949 bits per heavy atom. The first-order valence-electron chi connectivity index (χ1n) is 34.0. The van der Waals surface area contributed by atoms with E-state index in [0.29, 0.717) is 19.3 Å². The van der Waals surface area contributed by atoms with E-state index in [1.165, 1.54) is 238 Å². The van der Waals surface area contributed by atoms with Crippen LogP contribution in [0.2, 0.25) is 0 Å². The molecule has 0 bridgehead atoms. The topological polar surface area (TPSA) is 175 Å². The highest BCUT2D eigenvalue weighted by atomic mass is 16.7. The van der Waals surface area contributed by atoms with Crippen molar-refractivity contribution in [1.29, 1.82) is 0 Å². The molecule has 0 amide bonds. The molecule has 1 rings (SSSR count). The molecule has 0 saturated carbocycles. The van der Waals surface area contributed by atoms with Crippen LogP contribution in [0.5, 0.6) is 0 Å². The van der Waals surface area contributed by atoms with Gasteiger partial charge in [0.2, 0.25) is 0 Å². The molecule has 0 aromatic rings. The van der Waals surface area contributed by atoms with Crippen molar-refractivity contribution < 1.29 is 58.2 Å². The Balaban J connectivity index is 2.61. The number of hydrogen-bond acceptors (Lipinski definition) is 11. The molecule has 79 heavy (non-hydrogen) atoms. The Labute approximate surface area is 484 Å². The SMILES string of the molecule is CCCCCCCCCCCCCCCCCCCCCC(=O)OCC(COC1OC(C(=O)O)C(O)C(O)C1OC(=O)CCCCCCCCCCCCCCCCC)OC(=O)CCCCCCCCCCCCCCCCC. The van der Waals surface area contributed by atoms with E-state index >= 15 is 0 Å². The lowest BCUT2D eigenvalue weighted by molar-refractivity contribution is -0.301. The van der Waals surface area contributed by atoms with Gasteiger partial charge < -0.3 is 39.0 Å². The van der Waals surface area contributed by atoms with Gasteiger partial charge in [-0.05, 0) is 19.3 Å². The van der Waals surface area contributed by atoms with Crippen molar-refractivity contribution >= 4 is 23.9 Å². The zero-order valence-electron chi connectivity index (χ0n) is 51.7. The number of carboxylic acid groups (broad SMARTS) is 1. The van der Waals surface area contributed by atoms with Gasteiger partial charge in [-0.2, -0.15) is 0 Å². The summed E-state index contributed by atoms with van der Waals surface area (Å²) in [5.74, 6) is -3.06. The monoisotopic (exact) mass is 1120 g/mol. The molecule has 0 spiro atoms. The molecule has 466 valence electrons. The second-order valence-electron chi connectivity index (χ2n) is 23.8. The molecule has 0 aromatic carbocycles. The molecule has 0 aromatic heterocycles. The second-order valence-corrected chi connectivity index (χ2v) is 23.8. The standard InChI is InChI=1S/C67H126O12/c1-4-7-10-13-16-19-22-25-28-29-30-31-34-35-38-41-44-47-50-53-59(68)75-56-58(77-60(69)54-51-48-45-42-39-36-32-26-23-20-17-14-11-8-5-2)57-76-67-65(63(72)62(71)64(79-67)66(73)74)78-61(70)55-52-49-46-43-40-37-33-27-24-21-18-15-12-9-6-3/h58,62-65,67,71-72H,4-57H2,1-3H3,(H,73,74). The van der Waals surface area contributed by atoms with Crippen LogP contribution < -0.4 is 0 Å². The van der Waals surface area contributed by atoms with Gasteiger partial charge in [0.25, 0.3) is 0 Å². The summed E-state index contributed by atoms with van der Waals surface area (Å²) in [4.78, 5) is 51.3. The fourth-order valence-corrected chi connectivity index (χ4v) is 11.0. The average Bonchev–Trinajstić information content (AvgIpc) is 3.46. The summed E-state index contributed by atoms with van der Waals surface area (Å²) in [5.41, 5.74) is 0. The predicted octanol–water partition coefficient (Wildman–Crippen LogP) is 18.2. The number of unbranched alkanes of at least 4 members (excludes halogenated alkanes) is 46. The van der Waals surface area contributed by atoms with Gasteiger partial charge in [-0.1, -0.05) is 316 Å². The van der Waals surface area contributed by atoms with Gasteiger partial charge in [-0.25, -0.2) is 4.79 Å². The van der Waals surface area contributed by atoms with Crippen LogP contribution in [0.4, 0.5) is 0 Å². The zero-order valence-corrected chi connectivity index (χ0v) is 51.7. The molecule has 1 aliphatic heterocycles. The molecule has 1 fully saturated rings. The summed E-state index contributed by atoms with van der Waals surface area (Å²) in [5, 5.41) is 31.6. The maximum atomic E-state index is 13.2. The molecular formula is C67H126O12. The lowest BCUT2D eigenvalue weighted by Crippen LogP contribution is -2.61. The molecular weight excluding hydrogens is 997 g/mol. The molecule has 3 N–H and O–H groups in total. The third-order valence-corrected chi connectivity index (χ3v) is 16.2. The number of esters is 3. The Bertz CT molecular complexity index is 1380. The average molecular weight is 1120 g/mol. The van der Waals surface area contributed by atoms with Crippen LogP contribution in [0.1, 0.15) is 355 Å². The smallest absolute Gasteiger partial charge is 0.335 e. The highest BCUT2D eigenvalue weighted by Crippen LogP contribution is 2.27. The van der Waals surface area contributed by atoms with Crippen molar-refractivity contribution in [2.75, 3.05) is 13.2 Å². The Hall–Kier alpha value is -2.28. The van der Waals surface area contributed by atoms with E-state index in [2.05, 4.69) is 20.8 Å². The summed E-state index contributed by atoms with van der Waals surface area (Å²) in [7, 11) is 0. The molecule has 1 saturated heterocycles. The third-order valence-electron chi connectivity index (χ3n) is 16.2. The minimum Gasteiger partial charge on any atom is -0.479 e. The van der Waals surface area contributed by atoms with Crippen LogP contribution in [-0.4, -0.2) is 89.2 Å². The van der Waals surface area contributed by atoms with Crippen molar-refractivity contribution in [2.24, 2.45) is 0 Å². The number of carbonyl (C=O) groups excluding carboxylic acids is 3. The molecule has 12 heteroatoms. The van der Waals surface area contributed by atoms with Crippen molar-refractivity contribution in [3.05, 3.63) is 0 Å². The Morgan fingerprint density at radius 2 is 0.646 bits per heavy atom. The molecule has 6 atom stereocenters. The zero-order chi connectivity index (χ0) is 57.5. The van der Waals surface area contributed by atoms with Crippen molar-refractivity contribution in [3.63, 3.8) is 0 Å². The Kier molecular flexibility index (Phi) is 53.2. The highest BCUT2D eigenvalue weighted by Gasteiger charge is 2.50. The largest absolute Gasteiger partial charge is 0.479 e. The summed E-state index contributed by atoms with van der Waals surface area (Å²) in [6, 6.07) is 0. The maximum Gasteiger partial charge on any atom is 0.335 e. The van der Waals surface area contributed by atoms with E-state index in [1.807, 2.05) is 0 Å². The normalized spacial score (nSPS) is 17.7. The van der Waals surface area contributed by atoms with Crippen molar-refractivity contribution in [3.8, 4) is 0 Å². The van der Waals surface area contributed by atoms with E-state index in [-0.39, 0.29) is 25.9 Å². The minimum atomic E-state index is -1.89. The van der Waals surface area contributed by atoms with E-state index in [1.54, 1.807) is 0 Å². The van der Waals surface area contributed by atoms with Crippen LogP contribution in [0.15, 0.2) is 0 Å². The van der Waals surface area contributed by atoms with Crippen LogP contribution in [0.25, 0.3) is 0 Å². The minimum absolute atomic E-state index is 0.0711. The number of aliphatic hydroxyl groups is 2. The van der Waals surface area contributed by atoms with Gasteiger partial charge in [0.05, 0.1) is 6.61 Å². The fourth-order valence-electron chi connectivity index (χ4n) is 11.0. The number of aliphatic carboxylic acids is 1. The van der Waals surface area contributed by atoms with Crippen LogP contribution in [0.3, 0.4) is 0 Å². The van der Waals surface area contributed by atoms with Crippen molar-refractivity contribution in [1.82, 2.24) is 0 Å². The van der Waals surface area contributed by atoms with Gasteiger partial charge in [-0.3, -0.25) is 14.4 Å². The Morgan fingerprint density at radius 1 is 0.367 bits per heavy atom. The fraction of sp³-hybridized carbons (Fsp3) is 0.940. The third kappa shape index (κ3) is 45.9. The number of rotatable bonds is 60. The molecule has 0 aliphatic carbocycles. The molecule has 1 aliphatic rings. The second kappa shape index (κ2) is 56.2. The van der Waals surface area contributed by atoms with Gasteiger partial charge in [0.15, 0.2) is 24.6 Å². The van der Waals surface area contributed by atoms with Crippen LogP contribution in [-0.2, 0) is 42.9 Å². The van der Waals surface area contributed by atoms with Gasteiger partial charge >= 0.3 is 23.9 Å². The number of hydrogen-bond donors (Lipinski definition) is 3. The predicted molar refractivity (Wildman–Crippen MR) is 322 cm³/mol. The van der Waals surface area contributed by atoms with E-state index in [9.17, 15) is 34.5 Å². The molecule has 1 heterocycles. The summed E-state index contributed by atoms with van der Waals surface area (Å²) in [6.07, 6.45) is 50.6. The number of carbonyl (C=O) groups is 4. The highest BCUT2D eigenvalue weighted by molar-refractivity contribution is 5.74. The van der Waals surface area contributed by atoms with Gasteiger partial charge in [0, 0.05) is 19.3 Å². The summed E-state index contributed by atoms with van der Waals surface area (Å²) in [6.45, 7) is 6.08. The first-order chi connectivity index (χ1) is 38.6. The number of carboxylic acids is 1. The molecule has 0 radical (unpaired) electrons. The number of ether oxygens (including phenoxy) is 5. The maximum absolute atomic E-state index is 13.2. The van der Waals surface area contributed by atoms with Crippen LogP contribution >= 0.6 is 0 Å². The van der Waals surface area contributed by atoms with Gasteiger partial charge in [-0.15, -0.1) is 0 Å². The summed E-state index contributed by atoms with van der Waals surface area (Å²) >= 11 is 0. The molecule has 6 unspecified atom stereocenters. The van der Waals surface area contributed by atoms with Gasteiger partial charge in [0.1, 0.15) is 18.8 Å². The lowest BCUT2D eigenvalue weighted by Gasteiger charge is -2.40. The first kappa shape index (κ1) is 74.7. The van der Waals surface area contributed by atoms with E-state index in [0.717, 1.165) is 57.8 Å². The quantitative estimate of drug-likeness (QED) is 0.0299. The van der Waals surface area contributed by atoms with Crippen molar-refractivity contribution in [2.45, 2.75) is 391 Å². The lowest BCUT2D eigenvalue weighted by atomic mass is 9.98. The number of aliphatic hydroxyl groups excluding tert-OH is 2. The summed E-state index contributed by atoms with van der Waals surface area (Å²) < 4.78 is 28.6. The van der Waals surface area contributed by atoms with E-state index in [4.69, 9.17) is 23.7 Å². The van der Waals surface area contributed by atoms with E-state index < -0.39 is 67.3 Å². The molecule has 12 nitrogen and oxygen atoms in total.